The van der Waals surface area contributed by atoms with Crippen LogP contribution < -0.4 is 10.6 Å². The van der Waals surface area contributed by atoms with Crippen molar-refractivity contribution in [1.82, 2.24) is 15.6 Å². The van der Waals surface area contributed by atoms with E-state index in [0.29, 0.717) is 16.3 Å². The van der Waals surface area contributed by atoms with Gasteiger partial charge in [0.15, 0.2) is 0 Å². The van der Waals surface area contributed by atoms with Gasteiger partial charge in [-0.15, -0.1) is 11.3 Å². The number of pyridine rings is 1. The van der Waals surface area contributed by atoms with E-state index < -0.39 is 0 Å². The van der Waals surface area contributed by atoms with Crippen molar-refractivity contribution in [3.63, 3.8) is 0 Å². The first-order valence-electron chi connectivity index (χ1n) is 10.7. The molecule has 2 aromatic heterocycles. The Hall–Kier alpha value is -3.67. The fourth-order valence-electron chi connectivity index (χ4n) is 3.57. The average Bonchev–Trinajstić information content (AvgIpc) is 3.37. The number of nitrogens with one attached hydrogen (secondary N) is 2. The third kappa shape index (κ3) is 5.81. The van der Waals surface area contributed by atoms with Gasteiger partial charge in [-0.3, -0.25) is 9.59 Å². The molecule has 1 aromatic carbocycles. The Kier molecular flexibility index (Phi) is 7.58. The number of rotatable bonds is 7. The van der Waals surface area contributed by atoms with Gasteiger partial charge < -0.3 is 10.6 Å². The highest BCUT2D eigenvalue weighted by Gasteiger charge is 2.18. The van der Waals surface area contributed by atoms with Crippen molar-refractivity contribution in [3.8, 4) is 27.8 Å². The van der Waals surface area contributed by atoms with E-state index in [4.69, 9.17) is 4.98 Å². The summed E-state index contributed by atoms with van der Waals surface area (Å²) in [5, 5.41) is 18.1. The quantitative estimate of drug-likeness (QED) is 0.445. The number of carbonyl (C=O) groups is 2. The van der Waals surface area contributed by atoms with E-state index in [1.807, 2.05) is 60.0 Å². The molecule has 0 atom stereocenters. The zero-order valence-electron chi connectivity index (χ0n) is 18.5. The molecule has 8 heteroatoms. The maximum absolute atomic E-state index is 12.7. The summed E-state index contributed by atoms with van der Waals surface area (Å²) in [6, 6.07) is 17.9. The van der Waals surface area contributed by atoms with Crippen LogP contribution in [0.2, 0.25) is 0 Å². The summed E-state index contributed by atoms with van der Waals surface area (Å²) in [6.45, 7) is 1.46. The number of thiophene rings is 1. The Morgan fingerprint density at radius 2 is 2.00 bits per heavy atom. The summed E-state index contributed by atoms with van der Waals surface area (Å²) in [6.07, 6.45) is 5.16. The van der Waals surface area contributed by atoms with Crippen molar-refractivity contribution in [2.75, 3.05) is 5.75 Å². The highest BCUT2D eigenvalue weighted by molar-refractivity contribution is 8.00. The molecule has 0 saturated carbocycles. The third-order valence-electron chi connectivity index (χ3n) is 5.02. The van der Waals surface area contributed by atoms with Crippen LogP contribution in [0.5, 0.6) is 0 Å². The normalized spacial score (nSPS) is 12.8. The maximum Gasteiger partial charge on any atom is 0.234 e. The van der Waals surface area contributed by atoms with Crippen LogP contribution in [0.3, 0.4) is 0 Å². The van der Waals surface area contributed by atoms with E-state index in [-0.39, 0.29) is 17.6 Å². The molecule has 170 valence electrons. The largest absolute Gasteiger partial charge is 0.330 e. The minimum absolute atomic E-state index is 0.102. The molecule has 2 N–H and O–H groups in total. The lowest BCUT2D eigenvalue weighted by Gasteiger charge is -2.15. The number of thioether (sulfide) groups is 1. The first-order valence-corrected chi connectivity index (χ1v) is 12.6. The average molecular weight is 487 g/mol. The van der Waals surface area contributed by atoms with E-state index in [0.717, 1.165) is 40.2 Å². The zero-order valence-corrected chi connectivity index (χ0v) is 20.1. The molecular weight excluding hydrogens is 464 g/mol. The molecule has 2 heterocycles. The van der Waals surface area contributed by atoms with Gasteiger partial charge >= 0.3 is 0 Å². The van der Waals surface area contributed by atoms with E-state index in [2.05, 4.69) is 16.7 Å². The first-order chi connectivity index (χ1) is 16.5. The van der Waals surface area contributed by atoms with Gasteiger partial charge in [0.2, 0.25) is 11.8 Å². The van der Waals surface area contributed by atoms with Crippen LogP contribution in [0.1, 0.15) is 25.3 Å². The van der Waals surface area contributed by atoms with E-state index in [1.165, 1.54) is 18.7 Å². The summed E-state index contributed by atoms with van der Waals surface area (Å²) in [4.78, 5) is 29.7. The first kappa shape index (κ1) is 23.5. The highest BCUT2D eigenvalue weighted by Crippen LogP contribution is 2.35. The Labute approximate surface area is 206 Å². The van der Waals surface area contributed by atoms with Crippen molar-refractivity contribution in [1.29, 1.82) is 5.26 Å². The molecule has 34 heavy (non-hydrogen) atoms. The summed E-state index contributed by atoms with van der Waals surface area (Å²) < 4.78 is 0. The molecule has 1 aliphatic carbocycles. The van der Waals surface area contributed by atoms with Gasteiger partial charge in [-0.1, -0.05) is 54.2 Å². The maximum atomic E-state index is 12.7. The SMILES string of the molecule is CC(=O)NC1=CC(NC(=O)CSc2nc(-c3cccs3)cc(-c3ccccc3)c2C#N)=CCC1. The second kappa shape index (κ2) is 11.0. The molecule has 0 fully saturated rings. The van der Waals surface area contributed by atoms with Crippen LogP contribution in [-0.4, -0.2) is 22.6 Å². The summed E-state index contributed by atoms with van der Waals surface area (Å²) in [7, 11) is 0. The van der Waals surface area contributed by atoms with Crippen molar-refractivity contribution in [2.24, 2.45) is 0 Å². The standard InChI is InChI=1S/C26H22N4O2S2/c1-17(31)28-19-9-5-10-20(13-19)29-25(32)16-34-26-22(15-27)21(18-7-3-2-4-8-18)14-23(30-26)24-11-6-12-33-24/h2-4,6-8,10-14H,5,9,16H2,1H3,(H,28,31)(H,29,32). The molecule has 0 aliphatic heterocycles. The topological polar surface area (TPSA) is 94.9 Å². The summed E-state index contributed by atoms with van der Waals surface area (Å²) in [5.41, 5.74) is 4.38. The number of benzene rings is 1. The van der Waals surface area contributed by atoms with Crippen LogP contribution >= 0.6 is 23.1 Å². The van der Waals surface area contributed by atoms with Crippen molar-refractivity contribution < 1.29 is 9.59 Å². The van der Waals surface area contributed by atoms with Crippen LogP contribution in [0.25, 0.3) is 21.7 Å². The lowest BCUT2D eigenvalue weighted by Crippen LogP contribution is -2.27. The van der Waals surface area contributed by atoms with E-state index in [1.54, 1.807) is 17.4 Å². The number of allylic oxidation sites excluding steroid dienone is 3. The predicted molar refractivity (Wildman–Crippen MR) is 136 cm³/mol. The Bertz CT molecular complexity index is 1310. The van der Waals surface area contributed by atoms with Crippen molar-refractivity contribution in [2.45, 2.75) is 24.8 Å². The number of amides is 2. The van der Waals surface area contributed by atoms with Crippen LogP contribution in [0, 0.1) is 11.3 Å². The minimum atomic E-state index is -0.204. The third-order valence-corrected chi connectivity index (χ3v) is 6.89. The Morgan fingerprint density at radius 1 is 1.18 bits per heavy atom. The fourth-order valence-corrected chi connectivity index (χ4v) is 5.06. The smallest absolute Gasteiger partial charge is 0.234 e. The number of hydrogen-bond donors (Lipinski definition) is 2. The van der Waals surface area contributed by atoms with E-state index >= 15 is 0 Å². The van der Waals surface area contributed by atoms with Gasteiger partial charge in [-0.25, -0.2) is 4.98 Å². The molecule has 2 amide bonds. The lowest BCUT2D eigenvalue weighted by molar-refractivity contribution is -0.118. The van der Waals surface area contributed by atoms with Crippen molar-refractivity contribution in [3.05, 3.63) is 83.0 Å². The lowest BCUT2D eigenvalue weighted by atomic mass is 10.0. The molecule has 4 rings (SSSR count). The van der Waals surface area contributed by atoms with Crippen LogP contribution in [-0.2, 0) is 9.59 Å². The Balaban J connectivity index is 1.57. The highest BCUT2D eigenvalue weighted by atomic mass is 32.2. The number of carbonyl (C=O) groups excluding carboxylic acids is 2. The molecular formula is C26H22N4O2S2. The van der Waals surface area contributed by atoms with Gasteiger partial charge in [-0.05, 0) is 42.0 Å². The summed E-state index contributed by atoms with van der Waals surface area (Å²) >= 11 is 2.82. The van der Waals surface area contributed by atoms with Crippen LogP contribution in [0.15, 0.2) is 82.5 Å². The van der Waals surface area contributed by atoms with Crippen molar-refractivity contribution >= 4 is 34.9 Å². The van der Waals surface area contributed by atoms with Gasteiger partial charge in [-0.2, -0.15) is 5.26 Å². The van der Waals surface area contributed by atoms with Gasteiger partial charge in [0.1, 0.15) is 11.1 Å². The Morgan fingerprint density at radius 3 is 2.71 bits per heavy atom. The van der Waals surface area contributed by atoms with E-state index in [9.17, 15) is 14.9 Å². The second-order valence-electron chi connectivity index (χ2n) is 7.58. The zero-order chi connectivity index (χ0) is 23.9. The van der Waals surface area contributed by atoms with Crippen LogP contribution in [0.4, 0.5) is 0 Å². The minimum Gasteiger partial charge on any atom is -0.330 e. The number of hydrogen-bond acceptors (Lipinski definition) is 6. The molecule has 0 radical (unpaired) electrons. The van der Waals surface area contributed by atoms with Gasteiger partial charge in [0, 0.05) is 23.9 Å². The fraction of sp³-hybridized carbons (Fsp3) is 0.154. The van der Waals surface area contributed by atoms with Gasteiger partial charge in [0.05, 0.1) is 21.9 Å². The number of nitrogens with zero attached hydrogens (tertiary/aromatic N) is 2. The molecule has 6 nitrogen and oxygen atoms in total. The molecule has 0 spiro atoms. The number of nitriles is 1. The monoisotopic (exact) mass is 486 g/mol. The molecule has 3 aromatic rings. The summed E-state index contributed by atoms with van der Waals surface area (Å²) in [5.74, 6) is -0.237. The molecule has 0 saturated heterocycles. The molecule has 0 unspecified atom stereocenters. The second-order valence-corrected chi connectivity index (χ2v) is 9.49. The molecule has 0 bridgehead atoms. The number of aromatic nitrogens is 1. The molecule has 1 aliphatic rings. The van der Waals surface area contributed by atoms with Gasteiger partial charge in [0.25, 0.3) is 0 Å². The predicted octanol–water partition coefficient (Wildman–Crippen LogP) is 5.25.